The van der Waals surface area contributed by atoms with Crippen molar-refractivity contribution in [1.82, 2.24) is 0 Å². The van der Waals surface area contributed by atoms with Gasteiger partial charge in [0, 0.05) is 16.7 Å². The fourth-order valence-corrected chi connectivity index (χ4v) is 1.93. The van der Waals surface area contributed by atoms with Crippen LogP contribution in [0.3, 0.4) is 0 Å². The molecule has 0 unspecified atom stereocenters. The molecule has 0 heterocycles. The van der Waals surface area contributed by atoms with Crippen molar-refractivity contribution >= 4 is 23.2 Å². The second-order valence-corrected chi connectivity index (χ2v) is 4.47. The molecule has 4 nitrogen and oxygen atoms in total. The smallest absolute Gasteiger partial charge is 0.255 e. The number of hydrogen-bond donors (Lipinski definition) is 1. The molecule has 20 heavy (non-hydrogen) atoms. The van der Waals surface area contributed by atoms with Gasteiger partial charge in [-0.25, -0.2) is 0 Å². The number of halogens is 1. The number of methoxy groups -OCH3 is 2. The molecule has 2 rings (SSSR count). The molecule has 0 aromatic heterocycles. The van der Waals surface area contributed by atoms with Crippen LogP contribution in [0.25, 0.3) is 0 Å². The topological polar surface area (TPSA) is 47.6 Å². The summed E-state index contributed by atoms with van der Waals surface area (Å²) in [5.41, 5.74) is 1.01. The number of ether oxygens (including phenoxy) is 2. The Labute approximate surface area is 122 Å². The minimum atomic E-state index is -0.265. The molecule has 1 N–H and O–H groups in total. The number of rotatable bonds is 4. The normalized spacial score (nSPS) is 9.95. The first-order chi connectivity index (χ1) is 9.63. The maximum atomic E-state index is 12.2. The van der Waals surface area contributed by atoms with E-state index in [9.17, 15) is 4.79 Å². The molecule has 0 radical (unpaired) electrons. The number of amides is 1. The molecule has 0 aliphatic heterocycles. The summed E-state index contributed by atoms with van der Waals surface area (Å²) in [6.45, 7) is 0. The lowest BCUT2D eigenvalue weighted by Gasteiger charge is -2.11. The molecule has 0 bridgehead atoms. The number of carbonyl (C=O) groups is 1. The molecule has 2 aromatic carbocycles. The van der Waals surface area contributed by atoms with Gasteiger partial charge < -0.3 is 14.8 Å². The summed E-state index contributed by atoms with van der Waals surface area (Å²) in [5.74, 6) is 0.924. The highest BCUT2D eigenvalue weighted by molar-refractivity contribution is 6.31. The monoisotopic (exact) mass is 291 g/mol. The molecule has 5 heteroatoms. The Balaban J connectivity index is 2.27. The second kappa shape index (κ2) is 6.30. The lowest BCUT2D eigenvalue weighted by molar-refractivity contribution is 0.102. The summed E-state index contributed by atoms with van der Waals surface area (Å²) < 4.78 is 10.3. The van der Waals surface area contributed by atoms with Gasteiger partial charge in [-0.05, 0) is 30.3 Å². The number of anilines is 1. The Bertz CT molecular complexity index is 628. The molecule has 2 aromatic rings. The van der Waals surface area contributed by atoms with Crippen molar-refractivity contribution in [3.05, 3.63) is 53.1 Å². The van der Waals surface area contributed by atoms with Crippen LogP contribution >= 0.6 is 11.6 Å². The van der Waals surface area contributed by atoms with Gasteiger partial charge in [-0.2, -0.15) is 0 Å². The fraction of sp³-hybridized carbons (Fsp3) is 0.133. The summed E-state index contributed by atoms with van der Waals surface area (Å²) in [6.07, 6.45) is 0. The highest BCUT2D eigenvalue weighted by atomic mass is 35.5. The Morgan fingerprint density at radius 3 is 2.55 bits per heavy atom. The SMILES string of the molecule is COc1ccc(OC)c(NC(=O)c2cccc(Cl)c2)c1. The molecule has 0 saturated carbocycles. The van der Waals surface area contributed by atoms with E-state index in [2.05, 4.69) is 5.32 Å². The molecule has 0 aliphatic carbocycles. The summed E-state index contributed by atoms with van der Waals surface area (Å²) in [5, 5.41) is 3.29. The maximum absolute atomic E-state index is 12.2. The van der Waals surface area contributed by atoms with Crippen LogP contribution in [0.2, 0.25) is 5.02 Å². The first kappa shape index (κ1) is 14.2. The zero-order valence-corrected chi connectivity index (χ0v) is 11.9. The standard InChI is InChI=1S/C15H14ClNO3/c1-19-12-6-7-14(20-2)13(9-12)17-15(18)10-4-3-5-11(16)8-10/h3-9H,1-2H3,(H,17,18). The van der Waals surface area contributed by atoms with Crippen LogP contribution in [0.5, 0.6) is 11.5 Å². The summed E-state index contributed by atoms with van der Waals surface area (Å²) in [6, 6.07) is 11.9. The Morgan fingerprint density at radius 2 is 1.90 bits per heavy atom. The van der Waals surface area contributed by atoms with Crippen LogP contribution in [0, 0.1) is 0 Å². The van der Waals surface area contributed by atoms with Gasteiger partial charge in [0.25, 0.3) is 5.91 Å². The first-order valence-electron chi connectivity index (χ1n) is 5.93. The van der Waals surface area contributed by atoms with Crippen molar-refractivity contribution in [1.29, 1.82) is 0 Å². The van der Waals surface area contributed by atoms with Crippen LogP contribution < -0.4 is 14.8 Å². The fourth-order valence-electron chi connectivity index (χ4n) is 1.74. The van der Waals surface area contributed by atoms with Crippen LogP contribution in [0.4, 0.5) is 5.69 Å². The Morgan fingerprint density at radius 1 is 1.10 bits per heavy atom. The summed E-state index contributed by atoms with van der Waals surface area (Å²) in [7, 11) is 3.10. The zero-order chi connectivity index (χ0) is 14.5. The van der Waals surface area contributed by atoms with E-state index in [1.807, 2.05) is 0 Å². The van der Waals surface area contributed by atoms with Gasteiger partial charge in [0.05, 0.1) is 19.9 Å². The third kappa shape index (κ3) is 3.22. The maximum Gasteiger partial charge on any atom is 0.255 e. The van der Waals surface area contributed by atoms with Gasteiger partial charge in [0.2, 0.25) is 0 Å². The van der Waals surface area contributed by atoms with Crippen molar-refractivity contribution in [2.75, 3.05) is 19.5 Å². The lowest BCUT2D eigenvalue weighted by Crippen LogP contribution is -2.12. The summed E-state index contributed by atoms with van der Waals surface area (Å²) in [4.78, 5) is 12.2. The third-order valence-corrected chi connectivity index (χ3v) is 2.98. The minimum Gasteiger partial charge on any atom is -0.497 e. The quantitative estimate of drug-likeness (QED) is 0.936. The van der Waals surface area contributed by atoms with Crippen molar-refractivity contribution in [2.24, 2.45) is 0 Å². The van der Waals surface area contributed by atoms with E-state index < -0.39 is 0 Å². The van der Waals surface area contributed by atoms with Gasteiger partial charge >= 0.3 is 0 Å². The Hall–Kier alpha value is -2.20. The van der Waals surface area contributed by atoms with Gasteiger partial charge in [0.1, 0.15) is 11.5 Å². The van der Waals surface area contributed by atoms with E-state index >= 15 is 0 Å². The van der Waals surface area contributed by atoms with Gasteiger partial charge in [-0.3, -0.25) is 4.79 Å². The molecule has 0 atom stereocenters. The van der Waals surface area contributed by atoms with E-state index in [4.69, 9.17) is 21.1 Å². The molecular weight excluding hydrogens is 278 g/mol. The average Bonchev–Trinajstić information content (AvgIpc) is 2.47. The molecule has 104 valence electrons. The lowest BCUT2D eigenvalue weighted by atomic mass is 10.2. The number of nitrogens with one attached hydrogen (secondary N) is 1. The van der Waals surface area contributed by atoms with Crippen LogP contribution in [-0.4, -0.2) is 20.1 Å². The second-order valence-electron chi connectivity index (χ2n) is 4.03. The molecule has 0 spiro atoms. The zero-order valence-electron chi connectivity index (χ0n) is 11.1. The van der Waals surface area contributed by atoms with Crippen molar-refractivity contribution in [2.45, 2.75) is 0 Å². The first-order valence-corrected chi connectivity index (χ1v) is 6.31. The van der Waals surface area contributed by atoms with Crippen LogP contribution in [0.15, 0.2) is 42.5 Å². The molecular formula is C15H14ClNO3. The van der Waals surface area contributed by atoms with Crippen molar-refractivity contribution in [3.63, 3.8) is 0 Å². The number of carbonyl (C=O) groups excluding carboxylic acids is 1. The molecule has 1 amide bonds. The number of hydrogen-bond acceptors (Lipinski definition) is 3. The van der Waals surface area contributed by atoms with Crippen molar-refractivity contribution < 1.29 is 14.3 Å². The Kier molecular flexibility index (Phi) is 4.48. The predicted octanol–water partition coefficient (Wildman–Crippen LogP) is 3.61. The minimum absolute atomic E-state index is 0.265. The van der Waals surface area contributed by atoms with E-state index in [0.717, 1.165) is 0 Å². The predicted molar refractivity (Wildman–Crippen MR) is 79.0 cm³/mol. The average molecular weight is 292 g/mol. The van der Waals surface area contributed by atoms with E-state index in [1.54, 1.807) is 49.6 Å². The molecule has 0 aliphatic rings. The number of benzene rings is 2. The highest BCUT2D eigenvalue weighted by Crippen LogP contribution is 2.29. The van der Waals surface area contributed by atoms with Crippen LogP contribution in [-0.2, 0) is 0 Å². The molecule has 0 fully saturated rings. The van der Waals surface area contributed by atoms with E-state index in [-0.39, 0.29) is 5.91 Å². The summed E-state index contributed by atoms with van der Waals surface area (Å²) >= 11 is 5.87. The molecule has 0 saturated heterocycles. The van der Waals surface area contributed by atoms with Gasteiger partial charge in [-0.1, -0.05) is 17.7 Å². The van der Waals surface area contributed by atoms with E-state index in [1.165, 1.54) is 7.11 Å². The third-order valence-electron chi connectivity index (χ3n) is 2.74. The van der Waals surface area contributed by atoms with Gasteiger partial charge in [-0.15, -0.1) is 0 Å². The highest BCUT2D eigenvalue weighted by Gasteiger charge is 2.11. The van der Waals surface area contributed by atoms with E-state index in [0.29, 0.717) is 27.8 Å². The largest absolute Gasteiger partial charge is 0.497 e. The van der Waals surface area contributed by atoms with Crippen molar-refractivity contribution in [3.8, 4) is 11.5 Å². The van der Waals surface area contributed by atoms with Crippen LogP contribution in [0.1, 0.15) is 10.4 Å². The van der Waals surface area contributed by atoms with Gasteiger partial charge in [0.15, 0.2) is 0 Å².